The number of hydrogen-bond donors (Lipinski definition) is 2. The lowest BCUT2D eigenvalue weighted by atomic mass is 10.2. The fourth-order valence-corrected chi connectivity index (χ4v) is 3.15. The smallest absolute Gasteiger partial charge is 0.252 e. The van der Waals surface area contributed by atoms with Crippen molar-refractivity contribution in [3.63, 3.8) is 0 Å². The van der Waals surface area contributed by atoms with Crippen molar-refractivity contribution in [1.29, 1.82) is 0 Å². The number of rotatable bonds is 7. The number of hydrogen-bond acceptors (Lipinski definition) is 6. The first-order valence-corrected chi connectivity index (χ1v) is 9.37. The molecule has 0 aliphatic heterocycles. The van der Waals surface area contributed by atoms with Crippen LogP contribution in [0.3, 0.4) is 0 Å². The summed E-state index contributed by atoms with van der Waals surface area (Å²) in [5.41, 5.74) is 2.23. The number of fused-ring (bicyclic) bond motifs is 1. The molecule has 0 fully saturated rings. The normalized spacial score (nSPS) is 10.6. The molecule has 4 aromatic rings. The van der Waals surface area contributed by atoms with E-state index >= 15 is 0 Å². The topological polar surface area (TPSA) is 85.5 Å². The van der Waals surface area contributed by atoms with Crippen LogP contribution in [-0.2, 0) is 6.54 Å². The zero-order chi connectivity index (χ0) is 20.9. The van der Waals surface area contributed by atoms with E-state index in [-0.39, 0.29) is 5.56 Å². The number of nitrogens with one attached hydrogen (secondary N) is 2. The van der Waals surface area contributed by atoms with Crippen LogP contribution in [0.1, 0.15) is 5.56 Å². The molecule has 30 heavy (non-hydrogen) atoms. The van der Waals surface area contributed by atoms with Crippen molar-refractivity contribution < 1.29 is 14.2 Å². The summed E-state index contributed by atoms with van der Waals surface area (Å²) in [6.45, 7) is 0.491. The van der Waals surface area contributed by atoms with Gasteiger partial charge in [-0.3, -0.25) is 4.79 Å². The van der Waals surface area contributed by atoms with Gasteiger partial charge in [0.05, 0.1) is 25.9 Å². The number of ether oxygens (including phenoxy) is 3. The number of methoxy groups -OCH3 is 2. The Labute approximate surface area is 173 Å². The van der Waals surface area contributed by atoms with E-state index in [9.17, 15) is 4.79 Å². The Morgan fingerprint density at radius 2 is 1.83 bits per heavy atom. The van der Waals surface area contributed by atoms with E-state index in [0.29, 0.717) is 29.7 Å². The zero-order valence-electron chi connectivity index (χ0n) is 16.6. The number of pyridine rings is 2. The van der Waals surface area contributed by atoms with Gasteiger partial charge in [0, 0.05) is 35.3 Å². The first-order chi connectivity index (χ1) is 14.7. The van der Waals surface area contributed by atoms with Crippen molar-refractivity contribution >= 4 is 16.6 Å². The summed E-state index contributed by atoms with van der Waals surface area (Å²) >= 11 is 0. The molecule has 152 valence electrons. The number of aromatic nitrogens is 2. The van der Waals surface area contributed by atoms with Crippen LogP contribution in [0.2, 0.25) is 0 Å². The van der Waals surface area contributed by atoms with E-state index in [2.05, 4.69) is 15.3 Å². The number of anilines is 1. The summed E-state index contributed by atoms with van der Waals surface area (Å²) in [7, 11) is 3.18. The van der Waals surface area contributed by atoms with Crippen LogP contribution < -0.4 is 25.1 Å². The Morgan fingerprint density at radius 3 is 2.67 bits per heavy atom. The molecule has 0 bridgehead atoms. The van der Waals surface area contributed by atoms with E-state index < -0.39 is 0 Å². The van der Waals surface area contributed by atoms with Crippen LogP contribution in [0.5, 0.6) is 23.1 Å². The lowest BCUT2D eigenvalue weighted by Crippen LogP contribution is -2.05. The summed E-state index contributed by atoms with van der Waals surface area (Å²) in [6, 6.07) is 18.4. The van der Waals surface area contributed by atoms with Gasteiger partial charge in [-0.2, -0.15) is 0 Å². The van der Waals surface area contributed by atoms with Gasteiger partial charge in [-0.05, 0) is 30.3 Å². The van der Waals surface area contributed by atoms with Gasteiger partial charge in [0.1, 0.15) is 17.2 Å². The van der Waals surface area contributed by atoms with E-state index in [1.54, 1.807) is 20.4 Å². The van der Waals surface area contributed by atoms with Crippen LogP contribution in [0.15, 0.2) is 71.7 Å². The van der Waals surface area contributed by atoms with Crippen molar-refractivity contribution in [3.8, 4) is 23.1 Å². The molecule has 0 radical (unpaired) electrons. The number of aromatic amines is 1. The summed E-state index contributed by atoms with van der Waals surface area (Å²) in [5.74, 6) is 2.31. The highest BCUT2D eigenvalue weighted by Gasteiger charge is 2.09. The second-order valence-corrected chi connectivity index (χ2v) is 6.57. The van der Waals surface area contributed by atoms with Crippen LogP contribution >= 0.6 is 0 Å². The summed E-state index contributed by atoms with van der Waals surface area (Å²) in [4.78, 5) is 19.0. The Bertz CT molecular complexity index is 1240. The molecule has 0 amide bonds. The molecule has 2 aromatic carbocycles. The highest BCUT2D eigenvalue weighted by molar-refractivity contribution is 5.84. The predicted molar refractivity (Wildman–Crippen MR) is 116 cm³/mol. The first-order valence-electron chi connectivity index (χ1n) is 9.37. The molecule has 0 spiro atoms. The Hall–Kier alpha value is -4.00. The second-order valence-electron chi connectivity index (χ2n) is 6.57. The van der Waals surface area contributed by atoms with E-state index in [4.69, 9.17) is 14.2 Å². The number of benzene rings is 2. The molecular formula is C23H21N3O4. The molecule has 2 heterocycles. The van der Waals surface area contributed by atoms with Crippen LogP contribution in [0.25, 0.3) is 10.9 Å². The Balaban J connectivity index is 1.55. The maximum atomic E-state index is 12.0. The Morgan fingerprint density at radius 1 is 0.967 bits per heavy atom. The maximum absolute atomic E-state index is 12.0. The van der Waals surface area contributed by atoms with Crippen molar-refractivity contribution in [2.45, 2.75) is 6.54 Å². The molecule has 2 aromatic heterocycles. The van der Waals surface area contributed by atoms with E-state index in [1.807, 2.05) is 54.6 Å². The summed E-state index contributed by atoms with van der Waals surface area (Å²) in [5, 5.41) is 4.17. The van der Waals surface area contributed by atoms with Gasteiger partial charge in [0.2, 0.25) is 5.88 Å². The third-order valence-electron chi connectivity index (χ3n) is 4.59. The summed E-state index contributed by atoms with van der Waals surface area (Å²) in [6.07, 6.45) is 1.61. The molecule has 0 saturated heterocycles. The van der Waals surface area contributed by atoms with Gasteiger partial charge in [-0.1, -0.05) is 18.2 Å². The molecule has 0 atom stereocenters. The van der Waals surface area contributed by atoms with E-state index in [1.165, 1.54) is 6.07 Å². The first kappa shape index (κ1) is 19.3. The Kier molecular flexibility index (Phi) is 5.52. The quantitative estimate of drug-likeness (QED) is 0.477. The molecule has 0 saturated carbocycles. The van der Waals surface area contributed by atoms with Gasteiger partial charge in [-0.25, -0.2) is 4.98 Å². The van der Waals surface area contributed by atoms with Crippen LogP contribution in [0, 0.1) is 0 Å². The third kappa shape index (κ3) is 4.20. The van der Waals surface area contributed by atoms with Crippen molar-refractivity contribution in [3.05, 3.63) is 82.8 Å². The molecule has 0 unspecified atom stereocenters. The SMILES string of the molecule is COc1cnc(OC)c(CNc2cccc(Oc3cc(=O)[nH]c4ccccc34)c2)c1. The van der Waals surface area contributed by atoms with Crippen molar-refractivity contribution in [1.82, 2.24) is 9.97 Å². The van der Waals surface area contributed by atoms with Crippen molar-refractivity contribution in [2.75, 3.05) is 19.5 Å². The minimum Gasteiger partial charge on any atom is -0.495 e. The fourth-order valence-electron chi connectivity index (χ4n) is 3.15. The third-order valence-corrected chi connectivity index (χ3v) is 4.59. The van der Waals surface area contributed by atoms with E-state index in [0.717, 1.165) is 22.2 Å². The van der Waals surface area contributed by atoms with Gasteiger partial charge in [-0.15, -0.1) is 0 Å². The highest BCUT2D eigenvalue weighted by atomic mass is 16.5. The standard InChI is InChI=1S/C23H21N3O4/c1-28-18-10-15(23(29-2)25-14-18)13-24-16-6-5-7-17(11-16)30-21-12-22(27)26-20-9-4-3-8-19(20)21/h3-12,14,24H,13H2,1-2H3,(H,26,27). The monoisotopic (exact) mass is 403 g/mol. The van der Waals surface area contributed by atoms with Crippen LogP contribution in [0.4, 0.5) is 5.69 Å². The molecule has 7 heteroatoms. The van der Waals surface area contributed by atoms with Gasteiger partial charge in [0.25, 0.3) is 5.56 Å². The fraction of sp³-hybridized carbons (Fsp3) is 0.130. The molecule has 2 N–H and O–H groups in total. The average molecular weight is 403 g/mol. The minimum absolute atomic E-state index is 0.212. The second kappa shape index (κ2) is 8.57. The number of H-pyrrole nitrogens is 1. The molecule has 7 nitrogen and oxygen atoms in total. The number of nitrogens with zero attached hydrogens (tertiary/aromatic N) is 1. The minimum atomic E-state index is -0.212. The lowest BCUT2D eigenvalue weighted by Gasteiger charge is -2.13. The molecular weight excluding hydrogens is 382 g/mol. The average Bonchev–Trinajstić information content (AvgIpc) is 2.77. The largest absolute Gasteiger partial charge is 0.495 e. The molecule has 0 aliphatic carbocycles. The molecule has 4 rings (SSSR count). The van der Waals surface area contributed by atoms with Crippen LogP contribution in [-0.4, -0.2) is 24.2 Å². The summed E-state index contributed by atoms with van der Waals surface area (Å²) < 4.78 is 16.6. The highest BCUT2D eigenvalue weighted by Crippen LogP contribution is 2.29. The maximum Gasteiger partial charge on any atom is 0.252 e. The predicted octanol–water partition coefficient (Wildman–Crippen LogP) is 4.34. The zero-order valence-corrected chi connectivity index (χ0v) is 16.6. The van der Waals surface area contributed by atoms with Gasteiger partial charge in [0.15, 0.2) is 0 Å². The van der Waals surface area contributed by atoms with Crippen molar-refractivity contribution in [2.24, 2.45) is 0 Å². The van der Waals surface area contributed by atoms with Gasteiger partial charge >= 0.3 is 0 Å². The molecule has 0 aliphatic rings. The number of para-hydroxylation sites is 1. The lowest BCUT2D eigenvalue weighted by molar-refractivity contribution is 0.383. The van der Waals surface area contributed by atoms with Gasteiger partial charge < -0.3 is 24.5 Å².